The van der Waals surface area contributed by atoms with Gasteiger partial charge in [0.15, 0.2) is 0 Å². The average molecular weight is 590 g/mol. The summed E-state index contributed by atoms with van der Waals surface area (Å²) in [4.78, 5) is 23.7. The minimum Gasteiger partial charge on any atom is -0.399 e. The second-order valence-corrected chi connectivity index (χ2v) is 9.45. The van der Waals surface area contributed by atoms with Gasteiger partial charge in [-0.15, -0.1) is 11.3 Å². The molecule has 0 aliphatic heterocycles. The molecule has 0 aliphatic carbocycles. The summed E-state index contributed by atoms with van der Waals surface area (Å²) in [7, 11) is 3.25. The summed E-state index contributed by atoms with van der Waals surface area (Å²) in [5.41, 5.74) is 7.50. The number of nitrogens with two attached hydrogens (primary N) is 1. The van der Waals surface area contributed by atoms with Crippen LogP contribution < -0.4 is 16.4 Å². The topological polar surface area (TPSA) is 93.5 Å². The number of carbonyl (C=O) groups is 2. The Labute approximate surface area is 256 Å². The van der Waals surface area contributed by atoms with E-state index < -0.39 is 0 Å². The number of hydrogen-bond acceptors (Lipinski definition) is 6. The number of aldehydes is 1. The molecular formula is C34H59N3O3S. The van der Waals surface area contributed by atoms with Crippen LogP contribution in [0.15, 0.2) is 84.8 Å². The summed E-state index contributed by atoms with van der Waals surface area (Å²) in [6, 6.07) is 3.85. The molecule has 0 fully saturated rings. The molecule has 1 rings (SSSR count). The van der Waals surface area contributed by atoms with Gasteiger partial charge in [0, 0.05) is 49.2 Å². The number of nitrogens with one attached hydrogen (secondary N) is 2. The fourth-order valence-corrected chi connectivity index (χ4v) is 3.22. The molecule has 6 nitrogen and oxygen atoms in total. The van der Waals surface area contributed by atoms with Gasteiger partial charge in [0.2, 0.25) is 0 Å². The van der Waals surface area contributed by atoms with Crippen molar-refractivity contribution in [2.75, 3.05) is 27.3 Å². The van der Waals surface area contributed by atoms with E-state index in [1.807, 2.05) is 52.0 Å². The van der Waals surface area contributed by atoms with E-state index >= 15 is 0 Å². The van der Waals surface area contributed by atoms with Gasteiger partial charge in [-0.25, -0.2) is 0 Å². The van der Waals surface area contributed by atoms with Crippen molar-refractivity contribution in [3.8, 4) is 0 Å². The highest BCUT2D eigenvalue weighted by Crippen LogP contribution is 2.14. The van der Waals surface area contributed by atoms with E-state index in [4.69, 9.17) is 5.73 Å². The summed E-state index contributed by atoms with van der Waals surface area (Å²) in [6.07, 6.45) is 19.1. The number of thiophene rings is 1. The summed E-state index contributed by atoms with van der Waals surface area (Å²) < 4.78 is 4.25. The molecule has 234 valence electrons. The fraction of sp³-hybridized carbons (Fsp3) is 0.471. The first-order valence-electron chi connectivity index (χ1n) is 14.5. The number of amides is 1. The quantitative estimate of drug-likeness (QED) is 0.0876. The van der Waals surface area contributed by atoms with E-state index in [0.717, 1.165) is 62.1 Å². The second kappa shape index (κ2) is 36.8. The van der Waals surface area contributed by atoms with Gasteiger partial charge in [-0.05, 0) is 63.0 Å². The highest BCUT2D eigenvalue weighted by molar-refractivity contribution is 7.13. The molecule has 1 amide bonds. The van der Waals surface area contributed by atoms with Crippen LogP contribution in [-0.2, 0) is 9.53 Å². The molecule has 4 N–H and O–H groups in total. The standard InChI is InChI=1S/C11H19N.C10H15NOS.C9H13NO.C2H6O.C2H6/c1-4-7-9-11(8-5-2)12-10-6-3;1-3-4-7-11-10(12)9-6-5-8(2)13-9;1-3-4-9(7-11)6-5-8(2)10;1-3-2;1-2/h5,7-9,12H,2,4,6,10H2,1,3H3;5-6H,3-4,7H2,1-2H3,(H,11,12);4-7H,2-3,10H2,1H3;1-2H3;1-2H3/b9-7-,11-8+;;6-5-,9-4+;;. The first-order valence-corrected chi connectivity index (χ1v) is 15.3. The Morgan fingerprint density at radius 2 is 1.63 bits per heavy atom. The molecule has 0 unspecified atom stereocenters. The van der Waals surface area contributed by atoms with Crippen molar-refractivity contribution >= 4 is 23.5 Å². The van der Waals surface area contributed by atoms with Gasteiger partial charge in [-0.1, -0.05) is 85.4 Å². The third kappa shape index (κ3) is 34.8. The number of methoxy groups -OCH3 is 1. The van der Waals surface area contributed by atoms with Crippen molar-refractivity contribution in [3.63, 3.8) is 0 Å². The summed E-state index contributed by atoms with van der Waals surface area (Å²) in [5, 5.41) is 6.19. The SMILES string of the molecule is C=C(N)/C=C\C(C=O)=C/CC.C=C/C=C(\C=C/CC)NCCC.CC.CCCCNC(=O)c1ccc(C)s1.COC. The van der Waals surface area contributed by atoms with Crippen molar-refractivity contribution in [1.29, 1.82) is 0 Å². The zero-order valence-electron chi connectivity index (χ0n) is 27.3. The van der Waals surface area contributed by atoms with Gasteiger partial charge in [-0.2, -0.15) is 0 Å². The Morgan fingerprint density at radius 1 is 1.00 bits per heavy atom. The molecule has 0 saturated heterocycles. The molecule has 0 bridgehead atoms. The first-order chi connectivity index (χ1) is 19.7. The Bertz CT molecular complexity index is 897. The van der Waals surface area contributed by atoms with Crippen molar-refractivity contribution in [1.82, 2.24) is 10.6 Å². The number of rotatable bonds is 14. The maximum absolute atomic E-state index is 11.4. The van der Waals surface area contributed by atoms with Crippen LogP contribution in [0.5, 0.6) is 0 Å². The predicted octanol–water partition coefficient (Wildman–Crippen LogP) is 8.45. The van der Waals surface area contributed by atoms with Crippen LogP contribution in [0.2, 0.25) is 0 Å². The number of aryl methyl sites for hydroxylation is 1. The summed E-state index contributed by atoms with van der Waals surface area (Å²) in [5.74, 6) is 0.0616. The summed E-state index contributed by atoms with van der Waals surface area (Å²) >= 11 is 1.54. The molecule has 0 spiro atoms. The summed E-state index contributed by atoms with van der Waals surface area (Å²) in [6.45, 7) is 23.3. The molecule has 0 aliphatic rings. The van der Waals surface area contributed by atoms with E-state index in [1.165, 1.54) is 4.88 Å². The highest BCUT2D eigenvalue weighted by atomic mass is 32.1. The third-order valence-electron chi connectivity index (χ3n) is 4.26. The predicted molar refractivity (Wildman–Crippen MR) is 183 cm³/mol. The fourth-order valence-electron chi connectivity index (χ4n) is 2.43. The van der Waals surface area contributed by atoms with E-state index in [1.54, 1.807) is 43.8 Å². The largest absolute Gasteiger partial charge is 0.399 e. The zero-order chi connectivity index (χ0) is 32.3. The Hall–Kier alpha value is -3.16. The van der Waals surface area contributed by atoms with Crippen LogP contribution in [0.1, 0.15) is 88.2 Å². The maximum Gasteiger partial charge on any atom is 0.261 e. The number of carbonyl (C=O) groups excluding carboxylic acids is 2. The molecule has 0 saturated carbocycles. The lowest BCUT2D eigenvalue weighted by atomic mass is 10.2. The first kappa shape index (κ1) is 44.8. The van der Waals surface area contributed by atoms with E-state index in [2.05, 4.69) is 61.5 Å². The van der Waals surface area contributed by atoms with Crippen LogP contribution in [0, 0.1) is 6.92 Å². The van der Waals surface area contributed by atoms with Gasteiger partial charge in [0.05, 0.1) is 4.88 Å². The lowest BCUT2D eigenvalue weighted by Crippen LogP contribution is -2.23. The maximum atomic E-state index is 11.4. The van der Waals surface area contributed by atoms with Crippen molar-refractivity contribution < 1.29 is 14.3 Å². The third-order valence-corrected chi connectivity index (χ3v) is 5.25. The number of allylic oxidation sites excluding steroid dienone is 8. The van der Waals surface area contributed by atoms with Crippen LogP contribution >= 0.6 is 11.3 Å². The van der Waals surface area contributed by atoms with Gasteiger partial charge >= 0.3 is 0 Å². The number of ether oxygens (including phenoxy) is 1. The molecule has 0 radical (unpaired) electrons. The van der Waals surface area contributed by atoms with Gasteiger partial charge < -0.3 is 21.1 Å². The minimum absolute atomic E-state index is 0.0616. The van der Waals surface area contributed by atoms with Crippen LogP contribution in [0.3, 0.4) is 0 Å². The zero-order valence-corrected chi connectivity index (χ0v) is 28.2. The van der Waals surface area contributed by atoms with Crippen LogP contribution in [0.4, 0.5) is 0 Å². The molecule has 1 aromatic heterocycles. The smallest absolute Gasteiger partial charge is 0.261 e. The molecule has 1 aromatic rings. The Balaban J connectivity index is -0.000000232. The minimum atomic E-state index is 0.0616. The van der Waals surface area contributed by atoms with E-state index in [-0.39, 0.29) is 5.91 Å². The highest BCUT2D eigenvalue weighted by Gasteiger charge is 2.05. The average Bonchev–Trinajstić information content (AvgIpc) is 3.41. The number of hydrogen-bond donors (Lipinski definition) is 3. The van der Waals surface area contributed by atoms with Gasteiger partial charge in [-0.3, -0.25) is 9.59 Å². The molecular weight excluding hydrogens is 530 g/mol. The lowest BCUT2D eigenvalue weighted by Gasteiger charge is -2.03. The van der Waals surface area contributed by atoms with Gasteiger partial charge in [0.25, 0.3) is 5.91 Å². The van der Waals surface area contributed by atoms with Crippen LogP contribution in [0.25, 0.3) is 0 Å². The van der Waals surface area contributed by atoms with E-state index in [9.17, 15) is 9.59 Å². The van der Waals surface area contributed by atoms with E-state index in [0.29, 0.717) is 11.3 Å². The molecule has 1 heterocycles. The molecule has 0 atom stereocenters. The molecule has 0 aromatic carbocycles. The van der Waals surface area contributed by atoms with Crippen molar-refractivity contribution in [2.24, 2.45) is 5.73 Å². The molecule has 7 heteroatoms. The Morgan fingerprint density at radius 3 is 2.05 bits per heavy atom. The van der Waals surface area contributed by atoms with Crippen molar-refractivity contribution in [3.05, 3.63) is 94.5 Å². The van der Waals surface area contributed by atoms with Crippen molar-refractivity contribution in [2.45, 2.75) is 80.6 Å². The molecule has 41 heavy (non-hydrogen) atoms. The van der Waals surface area contributed by atoms with Crippen LogP contribution in [-0.4, -0.2) is 39.5 Å². The second-order valence-electron chi connectivity index (χ2n) is 8.16. The lowest BCUT2D eigenvalue weighted by molar-refractivity contribution is -0.104. The van der Waals surface area contributed by atoms with Gasteiger partial charge in [0.1, 0.15) is 6.29 Å². The monoisotopic (exact) mass is 589 g/mol. The Kier molecular flexibility index (Phi) is 40.3. The number of unbranched alkanes of at least 4 members (excludes halogenated alkanes) is 1. The normalized spacial score (nSPS) is 10.5.